The first-order valence-electron chi connectivity index (χ1n) is 13.5. The first-order valence-corrected chi connectivity index (χ1v) is 15.3. The summed E-state index contributed by atoms with van der Waals surface area (Å²) in [5, 5.41) is 17.5. The van der Waals surface area contributed by atoms with Gasteiger partial charge in [0.15, 0.2) is 11.6 Å². The Hall–Kier alpha value is -3.58. The van der Waals surface area contributed by atoms with Crippen molar-refractivity contribution in [2.24, 2.45) is 0 Å². The zero-order valence-electron chi connectivity index (χ0n) is 22.5. The molecule has 0 amide bonds. The molecule has 1 atom stereocenters. The third kappa shape index (κ3) is 5.24. The predicted molar refractivity (Wildman–Crippen MR) is 156 cm³/mol. The summed E-state index contributed by atoms with van der Waals surface area (Å²) in [6.07, 6.45) is 3.16. The van der Waals surface area contributed by atoms with Gasteiger partial charge in [-0.3, -0.25) is 4.72 Å². The topological polar surface area (TPSA) is 125 Å². The van der Waals surface area contributed by atoms with E-state index in [0.29, 0.717) is 34.4 Å². The van der Waals surface area contributed by atoms with Crippen LogP contribution in [-0.4, -0.2) is 49.7 Å². The Morgan fingerprint density at radius 1 is 1.12 bits per heavy atom. The van der Waals surface area contributed by atoms with E-state index in [1.165, 1.54) is 19.2 Å². The molecule has 1 aromatic heterocycles. The first kappa shape index (κ1) is 28.5. The quantitative estimate of drug-likeness (QED) is 0.224. The van der Waals surface area contributed by atoms with Gasteiger partial charge in [0.2, 0.25) is 5.95 Å². The summed E-state index contributed by atoms with van der Waals surface area (Å²) < 4.78 is 65.7. The highest BCUT2D eigenvalue weighted by Crippen LogP contribution is 2.45. The molecule has 0 radical (unpaired) electrons. The number of halogens is 3. The Morgan fingerprint density at radius 3 is 2.67 bits per heavy atom. The van der Waals surface area contributed by atoms with Crippen LogP contribution in [0.3, 0.4) is 0 Å². The van der Waals surface area contributed by atoms with E-state index in [2.05, 4.69) is 25.3 Å². The number of hydrogen-bond donors (Lipinski definition) is 4. The molecule has 13 heteroatoms. The molecule has 220 valence electrons. The summed E-state index contributed by atoms with van der Waals surface area (Å²) in [4.78, 5) is 8.63. The van der Waals surface area contributed by atoms with Crippen LogP contribution in [-0.2, 0) is 16.4 Å². The van der Waals surface area contributed by atoms with Crippen LogP contribution in [0.25, 0.3) is 22.0 Å². The Kier molecular flexibility index (Phi) is 7.64. The number of aliphatic hydroxyl groups excluding tert-OH is 1. The van der Waals surface area contributed by atoms with Crippen molar-refractivity contribution in [1.82, 2.24) is 15.3 Å². The second kappa shape index (κ2) is 11.3. The highest BCUT2D eigenvalue weighted by molar-refractivity contribution is 7.92. The van der Waals surface area contributed by atoms with E-state index in [1.54, 1.807) is 18.3 Å². The molecule has 1 unspecified atom stereocenters. The van der Waals surface area contributed by atoms with E-state index >= 15 is 8.78 Å². The van der Waals surface area contributed by atoms with Gasteiger partial charge in [-0.15, -0.1) is 0 Å². The van der Waals surface area contributed by atoms with Gasteiger partial charge < -0.3 is 20.5 Å². The summed E-state index contributed by atoms with van der Waals surface area (Å²) in [7, 11) is -3.21. The summed E-state index contributed by atoms with van der Waals surface area (Å²) in [6, 6.07) is 8.46. The van der Waals surface area contributed by atoms with E-state index in [4.69, 9.17) is 16.3 Å². The number of fused-ring (bicyclic) bond motifs is 2. The minimum absolute atomic E-state index is 0.00895. The van der Waals surface area contributed by atoms with Crippen LogP contribution in [0.15, 0.2) is 47.5 Å². The molecule has 0 saturated carbocycles. The fourth-order valence-electron chi connectivity index (χ4n) is 5.63. The van der Waals surface area contributed by atoms with E-state index < -0.39 is 39.0 Å². The van der Waals surface area contributed by atoms with Crippen molar-refractivity contribution in [1.29, 1.82) is 0 Å². The average Bonchev–Trinajstić information content (AvgIpc) is 3.33. The van der Waals surface area contributed by atoms with Gasteiger partial charge in [0, 0.05) is 17.6 Å². The molecule has 4 aromatic rings. The number of ether oxygens (including phenoxy) is 1. The van der Waals surface area contributed by atoms with Crippen molar-refractivity contribution in [3.05, 3.63) is 70.4 Å². The fraction of sp³-hybridized carbons (Fsp3) is 0.310. The molecule has 0 bridgehead atoms. The van der Waals surface area contributed by atoms with Crippen LogP contribution < -0.4 is 20.1 Å². The summed E-state index contributed by atoms with van der Waals surface area (Å²) in [5.74, 6) is -1.61. The summed E-state index contributed by atoms with van der Waals surface area (Å²) in [6.45, 7) is 1.83. The zero-order chi connectivity index (χ0) is 29.6. The van der Waals surface area contributed by atoms with E-state index in [0.717, 1.165) is 38.1 Å². The van der Waals surface area contributed by atoms with Crippen molar-refractivity contribution in [2.75, 3.05) is 30.2 Å². The van der Waals surface area contributed by atoms with Crippen molar-refractivity contribution < 1.29 is 27.0 Å². The van der Waals surface area contributed by atoms with Gasteiger partial charge in [-0.2, -0.15) is 0 Å². The van der Waals surface area contributed by atoms with Gasteiger partial charge in [-0.05, 0) is 85.8 Å². The fourth-order valence-corrected chi connectivity index (χ4v) is 7.51. The van der Waals surface area contributed by atoms with Crippen molar-refractivity contribution in [3.8, 4) is 16.9 Å². The van der Waals surface area contributed by atoms with Gasteiger partial charge in [0.25, 0.3) is 10.0 Å². The minimum Gasteiger partial charge on any atom is -0.494 e. The van der Waals surface area contributed by atoms with Crippen LogP contribution in [0.4, 0.5) is 20.4 Å². The maximum absolute atomic E-state index is 15.9. The standard InChI is InChI=1S/C29H28ClF2N5O4S/c1-41-27-20(30)13-19-18(3-7-24(19)38)28(27)42(39,40)37-23-6-4-21(31)25(26(23)32)15-2-5-22-16(12-15)14-34-29(36-22)35-17-8-10-33-11-9-17/h2,4-6,12-14,17,24,33,37-38H,3,7-11H2,1H3,(H,34,35,36). The molecular formula is C29H28ClF2N5O4S. The SMILES string of the molecule is COc1c(Cl)cc2c(c1S(=O)(=O)Nc1ccc(F)c(-c3ccc4nc(NC5CCNCC5)ncc4c3)c1F)CCC2O. The van der Waals surface area contributed by atoms with Crippen LogP contribution in [0.2, 0.25) is 5.02 Å². The lowest BCUT2D eigenvalue weighted by Gasteiger charge is -2.23. The number of hydrogen-bond acceptors (Lipinski definition) is 8. The Bertz CT molecular complexity index is 1800. The third-order valence-electron chi connectivity index (χ3n) is 7.70. The number of nitrogens with one attached hydrogen (secondary N) is 3. The molecule has 2 aliphatic rings. The normalized spacial score (nSPS) is 17.3. The molecular weight excluding hydrogens is 588 g/mol. The number of methoxy groups -OCH3 is 1. The number of aliphatic hydroxyl groups is 1. The van der Waals surface area contributed by atoms with Gasteiger partial charge in [0.1, 0.15) is 10.7 Å². The number of benzene rings is 3. The van der Waals surface area contributed by atoms with Gasteiger partial charge in [-0.1, -0.05) is 17.7 Å². The number of aromatic nitrogens is 2. The number of sulfonamides is 1. The third-order valence-corrected chi connectivity index (χ3v) is 9.44. The average molecular weight is 616 g/mol. The number of rotatable bonds is 7. The largest absolute Gasteiger partial charge is 0.494 e. The lowest BCUT2D eigenvalue weighted by molar-refractivity contribution is 0.180. The number of nitrogens with zero attached hydrogens (tertiary/aromatic N) is 2. The van der Waals surface area contributed by atoms with Crippen molar-refractivity contribution >= 4 is 44.2 Å². The first-order chi connectivity index (χ1) is 20.2. The van der Waals surface area contributed by atoms with Crippen molar-refractivity contribution in [3.63, 3.8) is 0 Å². The molecule has 1 aliphatic carbocycles. The second-order valence-electron chi connectivity index (χ2n) is 10.4. The minimum atomic E-state index is -4.48. The lowest BCUT2D eigenvalue weighted by atomic mass is 10.0. The maximum Gasteiger partial charge on any atom is 0.266 e. The van der Waals surface area contributed by atoms with Gasteiger partial charge in [0.05, 0.1) is 35.0 Å². The second-order valence-corrected chi connectivity index (χ2v) is 12.4. The number of anilines is 2. The molecule has 2 heterocycles. The Balaban J connectivity index is 1.34. The predicted octanol–water partition coefficient (Wildman–Crippen LogP) is 5.18. The van der Waals surface area contributed by atoms with Crippen LogP contribution in [0.5, 0.6) is 5.75 Å². The van der Waals surface area contributed by atoms with Gasteiger partial charge in [-0.25, -0.2) is 27.2 Å². The molecule has 1 saturated heterocycles. The van der Waals surface area contributed by atoms with Crippen LogP contribution in [0.1, 0.15) is 36.5 Å². The Morgan fingerprint density at radius 2 is 1.90 bits per heavy atom. The van der Waals surface area contributed by atoms with Crippen molar-refractivity contribution in [2.45, 2.75) is 42.7 Å². The summed E-state index contributed by atoms with van der Waals surface area (Å²) >= 11 is 6.28. The molecule has 0 spiro atoms. The molecule has 42 heavy (non-hydrogen) atoms. The monoisotopic (exact) mass is 615 g/mol. The lowest BCUT2D eigenvalue weighted by Crippen LogP contribution is -2.35. The van der Waals surface area contributed by atoms with Crippen LogP contribution >= 0.6 is 11.6 Å². The Labute approximate surface area is 246 Å². The molecule has 6 rings (SSSR count). The smallest absolute Gasteiger partial charge is 0.266 e. The highest BCUT2D eigenvalue weighted by Gasteiger charge is 2.34. The molecule has 9 nitrogen and oxygen atoms in total. The molecule has 4 N–H and O–H groups in total. The van der Waals surface area contributed by atoms with Gasteiger partial charge >= 0.3 is 0 Å². The maximum atomic E-state index is 15.9. The van der Waals surface area contributed by atoms with Crippen LogP contribution in [0, 0.1) is 11.6 Å². The molecule has 1 aliphatic heterocycles. The number of piperidine rings is 1. The molecule has 3 aromatic carbocycles. The van der Waals surface area contributed by atoms with E-state index in [-0.39, 0.29) is 33.7 Å². The zero-order valence-corrected chi connectivity index (χ0v) is 24.1. The molecule has 1 fully saturated rings. The summed E-state index contributed by atoms with van der Waals surface area (Å²) in [5.41, 5.74) is 0.611. The van der Waals surface area contributed by atoms with E-state index in [1.807, 2.05) is 0 Å². The highest BCUT2D eigenvalue weighted by atomic mass is 35.5. The van der Waals surface area contributed by atoms with E-state index in [9.17, 15) is 13.5 Å².